The maximum atomic E-state index is 5.84. The van der Waals surface area contributed by atoms with Crippen LogP contribution in [0.4, 0.5) is 0 Å². The van der Waals surface area contributed by atoms with E-state index in [1.807, 2.05) is 18.2 Å². The van der Waals surface area contributed by atoms with Crippen LogP contribution in [0.5, 0.6) is 17.2 Å². The van der Waals surface area contributed by atoms with Gasteiger partial charge in [-0.3, -0.25) is 5.10 Å². The molecule has 0 amide bonds. The topological polar surface area (TPSA) is 69.3 Å². The van der Waals surface area contributed by atoms with Gasteiger partial charge in [-0.05, 0) is 55.7 Å². The zero-order chi connectivity index (χ0) is 19.9. The number of aryl methyl sites for hydroxylation is 2. The highest BCUT2D eigenvalue weighted by Crippen LogP contribution is 2.32. The molecule has 0 saturated carbocycles. The Balaban J connectivity index is 1.51. The first-order chi connectivity index (χ1) is 13.6. The summed E-state index contributed by atoms with van der Waals surface area (Å²) in [5, 5.41) is 7.98. The number of benzene rings is 2. The fraction of sp³-hybridized carbons (Fsp3) is 0.333. The maximum Gasteiger partial charge on any atom is 0.208 e. The van der Waals surface area contributed by atoms with E-state index in [-0.39, 0.29) is 0 Å². The molecule has 1 heterocycles. The van der Waals surface area contributed by atoms with E-state index in [0.717, 1.165) is 29.2 Å². The van der Waals surface area contributed by atoms with Gasteiger partial charge in [0.15, 0.2) is 5.82 Å². The highest BCUT2D eigenvalue weighted by molar-refractivity contribution is 7.99. The molecule has 0 spiro atoms. The standard InChI is InChI=1S/C21H25N3O3S/c1-14-10-15(2)12-17(11-14)27-8-5-9-28-21-22-20(23-24-21)18-7-6-16(25-3)13-19(18)26-4/h6-7,10-13H,5,8-9H2,1-4H3,(H,22,23,24). The van der Waals surface area contributed by atoms with Gasteiger partial charge < -0.3 is 14.2 Å². The molecule has 1 aromatic heterocycles. The number of ether oxygens (including phenoxy) is 3. The molecule has 3 aromatic rings. The fourth-order valence-electron chi connectivity index (χ4n) is 2.85. The minimum atomic E-state index is 0.666. The van der Waals surface area contributed by atoms with E-state index in [4.69, 9.17) is 14.2 Å². The lowest BCUT2D eigenvalue weighted by Gasteiger charge is -2.08. The number of nitrogens with one attached hydrogen (secondary N) is 1. The van der Waals surface area contributed by atoms with Gasteiger partial charge >= 0.3 is 0 Å². The summed E-state index contributed by atoms with van der Waals surface area (Å²) < 4.78 is 16.5. The maximum absolute atomic E-state index is 5.84. The normalized spacial score (nSPS) is 10.7. The molecule has 3 rings (SSSR count). The second kappa shape index (κ2) is 9.50. The lowest BCUT2D eigenvalue weighted by molar-refractivity contribution is 0.318. The first kappa shape index (κ1) is 20.1. The van der Waals surface area contributed by atoms with Crippen molar-refractivity contribution in [2.45, 2.75) is 25.4 Å². The Morgan fingerprint density at radius 1 is 0.964 bits per heavy atom. The fourth-order valence-corrected chi connectivity index (χ4v) is 3.56. The number of H-pyrrole nitrogens is 1. The van der Waals surface area contributed by atoms with Crippen LogP contribution in [0, 0.1) is 13.8 Å². The number of aromatic amines is 1. The molecule has 0 bridgehead atoms. The quantitative estimate of drug-likeness (QED) is 0.417. The van der Waals surface area contributed by atoms with Gasteiger partial charge in [0.1, 0.15) is 17.2 Å². The average Bonchev–Trinajstić information content (AvgIpc) is 3.15. The second-order valence-corrected chi connectivity index (χ2v) is 7.47. The minimum Gasteiger partial charge on any atom is -0.497 e. The summed E-state index contributed by atoms with van der Waals surface area (Å²) in [5.74, 6) is 3.90. The van der Waals surface area contributed by atoms with Crippen LogP contribution >= 0.6 is 11.8 Å². The van der Waals surface area contributed by atoms with Crippen molar-refractivity contribution < 1.29 is 14.2 Å². The molecule has 6 nitrogen and oxygen atoms in total. The van der Waals surface area contributed by atoms with Crippen molar-refractivity contribution in [3.8, 4) is 28.6 Å². The summed E-state index contributed by atoms with van der Waals surface area (Å²) in [6, 6.07) is 11.9. The van der Waals surface area contributed by atoms with Gasteiger partial charge in [-0.25, -0.2) is 4.98 Å². The number of hydrogen-bond donors (Lipinski definition) is 1. The SMILES string of the molecule is COc1ccc(-c2nc(SCCCOc3cc(C)cc(C)c3)n[nH]2)c(OC)c1. The van der Waals surface area contributed by atoms with Gasteiger partial charge in [0, 0.05) is 11.8 Å². The monoisotopic (exact) mass is 399 g/mol. The van der Waals surface area contributed by atoms with Gasteiger partial charge in [-0.15, -0.1) is 5.10 Å². The first-order valence-corrected chi connectivity index (χ1v) is 10.1. The van der Waals surface area contributed by atoms with E-state index in [0.29, 0.717) is 23.3 Å². The molecule has 0 aliphatic carbocycles. The van der Waals surface area contributed by atoms with Crippen LogP contribution in [-0.4, -0.2) is 41.8 Å². The van der Waals surface area contributed by atoms with Gasteiger partial charge in [0.05, 0.1) is 26.4 Å². The van der Waals surface area contributed by atoms with Gasteiger partial charge in [0.2, 0.25) is 5.16 Å². The van der Waals surface area contributed by atoms with E-state index < -0.39 is 0 Å². The third-order valence-corrected chi connectivity index (χ3v) is 5.05. The molecule has 148 valence electrons. The van der Waals surface area contributed by atoms with Crippen LogP contribution < -0.4 is 14.2 Å². The number of nitrogens with zero attached hydrogens (tertiary/aromatic N) is 2. The van der Waals surface area contributed by atoms with Crippen LogP contribution in [0.3, 0.4) is 0 Å². The molecule has 0 atom stereocenters. The summed E-state index contributed by atoms with van der Waals surface area (Å²) in [6.45, 7) is 4.82. The second-order valence-electron chi connectivity index (χ2n) is 6.41. The number of thioether (sulfide) groups is 1. The number of aromatic nitrogens is 3. The molecule has 0 unspecified atom stereocenters. The third kappa shape index (κ3) is 5.19. The van der Waals surface area contributed by atoms with Crippen molar-refractivity contribution in [1.82, 2.24) is 15.2 Å². The molecule has 0 aliphatic rings. The molecular formula is C21H25N3O3S. The van der Waals surface area contributed by atoms with Crippen molar-refractivity contribution in [2.75, 3.05) is 26.6 Å². The van der Waals surface area contributed by atoms with Gasteiger partial charge in [-0.2, -0.15) is 0 Å². The lowest BCUT2D eigenvalue weighted by Crippen LogP contribution is -1.99. The zero-order valence-electron chi connectivity index (χ0n) is 16.6. The molecule has 1 N–H and O–H groups in total. The molecular weight excluding hydrogens is 374 g/mol. The molecule has 0 saturated heterocycles. The minimum absolute atomic E-state index is 0.666. The smallest absolute Gasteiger partial charge is 0.208 e. The van der Waals surface area contributed by atoms with Crippen molar-refractivity contribution in [1.29, 1.82) is 0 Å². The average molecular weight is 400 g/mol. The van der Waals surface area contributed by atoms with Crippen LogP contribution in [0.1, 0.15) is 17.5 Å². The molecule has 2 aromatic carbocycles. The number of rotatable bonds is 9. The van der Waals surface area contributed by atoms with E-state index in [9.17, 15) is 0 Å². The van der Waals surface area contributed by atoms with Crippen molar-refractivity contribution >= 4 is 11.8 Å². The molecule has 0 fully saturated rings. The Kier molecular flexibility index (Phi) is 6.81. The Bertz CT molecular complexity index is 907. The largest absolute Gasteiger partial charge is 0.497 e. The van der Waals surface area contributed by atoms with Crippen molar-refractivity contribution in [3.05, 3.63) is 47.5 Å². The van der Waals surface area contributed by atoms with Gasteiger partial charge in [0.25, 0.3) is 0 Å². The Morgan fingerprint density at radius 2 is 1.75 bits per heavy atom. The molecule has 28 heavy (non-hydrogen) atoms. The molecule has 0 aliphatic heterocycles. The summed E-state index contributed by atoms with van der Waals surface area (Å²) in [4.78, 5) is 4.56. The highest BCUT2D eigenvalue weighted by atomic mass is 32.2. The first-order valence-electron chi connectivity index (χ1n) is 9.07. The Labute approximate surface area is 169 Å². The Morgan fingerprint density at radius 3 is 2.46 bits per heavy atom. The van der Waals surface area contributed by atoms with Crippen LogP contribution in [0.2, 0.25) is 0 Å². The van der Waals surface area contributed by atoms with Crippen molar-refractivity contribution in [2.24, 2.45) is 0 Å². The van der Waals surface area contributed by atoms with E-state index in [2.05, 4.69) is 47.2 Å². The predicted octanol–water partition coefficient (Wildman–Crippen LogP) is 4.67. The van der Waals surface area contributed by atoms with Crippen molar-refractivity contribution in [3.63, 3.8) is 0 Å². The molecule has 7 heteroatoms. The van der Waals surface area contributed by atoms with E-state index >= 15 is 0 Å². The van der Waals surface area contributed by atoms with Crippen LogP contribution in [-0.2, 0) is 0 Å². The van der Waals surface area contributed by atoms with Crippen LogP contribution in [0.15, 0.2) is 41.6 Å². The Hall–Kier alpha value is -2.67. The van der Waals surface area contributed by atoms with Crippen LogP contribution in [0.25, 0.3) is 11.4 Å². The summed E-state index contributed by atoms with van der Waals surface area (Å²) in [6.07, 6.45) is 0.910. The summed E-state index contributed by atoms with van der Waals surface area (Å²) in [7, 11) is 3.25. The van der Waals surface area contributed by atoms with E-state index in [1.165, 1.54) is 11.1 Å². The summed E-state index contributed by atoms with van der Waals surface area (Å²) in [5.41, 5.74) is 3.28. The number of methoxy groups -OCH3 is 2. The third-order valence-electron chi connectivity index (χ3n) is 4.11. The lowest BCUT2D eigenvalue weighted by atomic mass is 10.1. The predicted molar refractivity (Wildman–Crippen MR) is 112 cm³/mol. The van der Waals surface area contributed by atoms with E-state index in [1.54, 1.807) is 26.0 Å². The highest BCUT2D eigenvalue weighted by Gasteiger charge is 2.12. The summed E-state index contributed by atoms with van der Waals surface area (Å²) >= 11 is 1.60. The van der Waals surface area contributed by atoms with Gasteiger partial charge in [-0.1, -0.05) is 17.8 Å². The number of hydrogen-bond acceptors (Lipinski definition) is 6. The molecule has 0 radical (unpaired) electrons. The zero-order valence-corrected chi connectivity index (χ0v) is 17.4.